The minimum atomic E-state index is -1.07. The lowest BCUT2D eigenvalue weighted by atomic mass is 10.2. The standard InChI is InChI=1S/C12H10ClN3O2/c1-7-2-3-8(6-14-7)15-11-9(12(17)18)4-5-10(13)16-11/h2-6H,1H3,(H,15,16)(H,17,18). The maximum Gasteiger partial charge on any atom is 0.339 e. The predicted molar refractivity (Wildman–Crippen MR) is 68.5 cm³/mol. The molecule has 0 aliphatic heterocycles. The van der Waals surface area contributed by atoms with E-state index in [9.17, 15) is 4.79 Å². The highest BCUT2D eigenvalue weighted by molar-refractivity contribution is 6.29. The van der Waals surface area contributed by atoms with Gasteiger partial charge in [0.25, 0.3) is 0 Å². The number of halogens is 1. The van der Waals surface area contributed by atoms with Crippen LogP contribution in [0.25, 0.3) is 0 Å². The number of aromatic nitrogens is 2. The van der Waals surface area contributed by atoms with Gasteiger partial charge in [0.1, 0.15) is 16.5 Å². The van der Waals surface area contributed by atoms with E-state index in [1.165, 1.54) is 12.1 Å². The van der Waals surface area contributed by atoms with Crippen molar-refractivity contribution in [3.8, 4) is 0 Å². The van der Waals surface area contributed by atoms with Crippen LogP contribution in [-0.4, -0.2) is 21.0 Å². The quantitative estimate of drug-likeness (QED) is 0.833. The lowest BCUT2D eigenvalue weighted by molar-refractivity contribution is 0.0697. The van der Waals surface area contributed by atoms with E-state index in [-0.39, 0.29) is 16.5 Å². The number of carboxylic acid groups (broad SMARTS) is 1. The third kappa shape index (κ3) is 2.75. The molecule has 92 valence electrons. The largest absolute Gasteiger partial charge is 0.478 e. The highest BCUT2D eigenvalue weighted by Gasteiger charge is 2.12. The number of anilines is 2. The number of carboxylic acids is 1. The maximum atomic E-state index is 11.0. The Hall–Kier alpha value is -2.14. The molecule has 0 aliphatic rings. The van der Waals surface area contributed by atoms with Gasteiger partial charge < -0.3 is 10.4 Å². The zero-order chi connectivity index (χ0) is 13.1. The van der Waals surface area contributed by atoms with Gasteiger partial charge in [0.2, 0.25) is 0 Å². The summed E-state index contributed by atoms with van der Waals surface area (Å²) >= 11 is 5.75. The van der Waals surface area contributed by atoms with Gasteiger partial charge in [-0.3, -0.25) is 4.98 Å². The summed E-state index contributed by atoms with van der Waals surface area (Å²) in [5.41, 5.74) is 1.58. The molecule has 0 bridgehead atoms. The number of rotatable bonds is 3. The molecule has 0 amide bonds. The van der Waals surface area contributed by atoms with Gasteiger partial charge in [-0.05, 0) is 31.2 Å². The van der Waals surface area contributed by atoms with Crippen molar-refractivity contribution in [2.45, 2.75) is 6.92 Å². The molecule has 0 saturated carbocycles. The van der Waals surface area contributed by atoms with Crippen molar-refractivity contribution in [3.63, 3.8) is 0 Å². The van der Waals surface area contributed by atoms with Gasteiger partial charge >= 0.3 is 5.97 Å². The molecule has 2 aromatic heterocycles. The fourth-order valence-corrected chi connectivity index (χ4v) is 1.53. The van der Waals surface area contributed by atoms with Crippen LogP contribution >= 0.6 is 11.6 Å². The van der Waals surface area contributed by atoms with Gasteiger partial charge in [-0.15, -0.1) is 0 Å². The molecule has 18 heavy (non-hydrogen) atoms. The van der Waals surface area contributed by atoms with Gasteiger partial charge in [0.15, 0.2) is 0 Å². The smallest absolute Gasteiger partial charge is 0.339 e. The molecule has 2 aromatic rings. The van der Waals surface area contributed by atoms with Crippen LogP contribution in [0.2, 0.25) is 5.15 Å². The van der Waals surface area contributed by atoms with E-state index in [0.29, 0.717) is 5.69 Å². The Balaban J connectivity index is 2.35. The van der Waals surface area contributed by atoms with Crippen LogP contribution in [0.3, 0.4) is 0 Å². The van der Waals surface area contributed by atoms with Crippen molar-refractivity contribution >= 4 is 29.1 Å². The zero-order valence-electron chi connectivity index (χ0n) is 9.51. The minimum Gasteiger partial charge on any atom is -0.478 e. The Morgan fingerprint density at radius 3 is 2.72 bits per heavy atom. The summed E-state index contributed by atoms with van der Waals surface area (Å²) in [4.78, 5) is 19.1. The Morgan fingerprint density at radius 2 is 2.11 bits per heavy atom. The lowest BCUT2D eigenvalue weighted by Crippen LogP contribution is -2.05. The van der Waals surface area contributed by atoms with Gasteiger partial charge in [0.05, 0.1) is 11.9 Å². The van der Waals surface area contributed by atoms with E-state index in [1.807, 2.05) is 13.0 Å². The SMILES string of the molecule is Cc1ccc(Nc2nc(Cl)ccc2C(=O)O)cn1. The van der Waals surface area contributed by atoms with Crippen molar-refractivity contribution in [3.05, 3.63) is 46.9 Å². The second-order valence-electron chi connectivity index (χ2n) is 3.65. The molecule has 0 atom stereocenters. The molecule has 0 spiro atoms. The Labute approximate surface area is 108 Å². The number of pyridine rings is 2. The van der Waals surface area contributed by atoms with Crippen LogP contribution in [0.1, 0.15) is 16.1 Å². The van der Waals surface area contributed by atoms with Crippen LogP contribution in [-0.2, 0) is 0 Å². The van der Waals surface area contributed by atoms with Crippen LogP contribution < -0.4 is 5.32 Å². The van der Waals surface area contributed by atoms with Crippen LogP contribution in [0.5, 0.6) is 0 Å². The van der Waals surface area contributed by atoms with Crippen LogP contribution in [0.4, 0.5) is 11.5 Å². The zero-order valence-corrected chi connectivity index (χ0v) is 10.3. The highest BCUT2D eigenvalue weighted by atomic mass is 35.5. The molecule has 0 aliphatic carbocycles. The first-order valence-electron chi connectivity index (χ1n) is 5.16. The Kier molecular flexibility index (Phi) is 3.43. The first-order chi connectivity index (χ1) is 8.56. The molecule has 0 unspecified atom stereocenters. The normalized spacial score (nSPS) is 10.1. The van der Waals surface area contributed by atoms with Crippen molar-refractivity contribution in [1.29, 1.82) is 0 Å². The molecule has 5 nitrogen and oxygen atoms in total. The first-order valence-corrected chi connectivity index (χ1v) is 5.53. The molecule has 2 heterocycles. The molecular formula is C12H10ClN3O2. The van der Waals surface area contributed by atoms with Crippen molar-refractivity contribution < 1.29 is 9.90 Å². The molecular weight excluding hydrogens is 254 g/mol. The maximum absolute atomic E-state index is 11.0. The molecule has 0 radical (unpaired) electrons. The third-order valence-electron chi connectivity index (χ3n) is 2.27. The Morgan fingerprint density at radius 1 is 1.33 bits per heavy atom. The summed E-state index contributed by atoms with van der Waals surface area (Å²) in [6.07, 6.45) is 1.60. The summed E-state index contributed by atoms with van der Waals surface area (Å²) in [6, 6.07) is 6.44. The van der Waals surface area contributed by atoms with Gasteiger partial charge in [-0.25, -0.2) is 9.78 Å². The second kappa shape index (κ2) is 5.01. The second-order valence-corrected chi connectivity index (χ2v) is 4.04. The molecule has 6 heteroatoms. The van der Waals surface area contributed by atoms with E-state index in [4.69, 9.17) is 16.7 Å². The topological polar surface area (TPSA) is 75.1 Å². The molecule has 0 aromatic carbocycles. The summed E-state index contributed by atoms with van der Waals surface area (Å²) in [5.74, 6) is -0.873. The number of carbonyl (C=O) groups is 1. The van der Waals surface area contributed by atoms with Crippen LogP contribution in [0, 0.1) is 6.92 Å². The van der Waals surface area contributed by atoms with Gasteiger partial charge in [0, 0.05) is 5.69 Å². The lowest BCUT2D eigenvalue weighted by Gasteiger charge is -2.08. The van der Waals surface area contributed by atoms with E-state index in [0.717, 1.165) is 5.69 Å². The number of nitrogens with one attached hydrogen (secondary N) is 1. The van der Waals surface area contributed by atoms with E-state index in [2.05, 4.69) is 15.3 Å². The average Bonchev–Trinajstić information content (AvgIpc) is 2.32. The fourth-order valence-electron chi connectivity index (χ4n) is 1.38. The average molecular weight is 264 g/mol. The molecule has 2 N–H and O–H groups in total. The number of aryl methyl sites for hydroxylation is 1. The van der Waals surface area contributed by atoms with Gasteiger partial charge in [-0.1, -0.05) is 11.6 Å². The predicted octanol–water partition coefficient (Wildman–Crippen LogP) is 2.88. The summed E-state index contributed by atoms with van der Waals surface area (Å²) in [5, 5.41) is 12.1. The summed E-state index contributed by atoms with van der Waals surface area (Å²) in [6.45, 7) is 1.87. The molecule has 0 fully saturated rings. The number of hydrogen-bond donors (Lipinski definition) is 2. The molecule has 0 saturated heterocycles. The number of hydrogen-bond acceptors (Lipinski definition) is 4. The van der Waals surface area contributed by atoms with Crippen LogP contribution in [0.15, 0.2) is 30.5 Å². The van der Waals surface area contributed by atoms with Crippen molar-refractivity contribution in [2.75, 3.05) is 5.32 Å². The van der Waals surface area contributed by atoms with E-state index < -0.39 is 5.97 Å². The fraction of sp³-hybridized carbons (Fsp3) is 0.0833. The highest BCUT2D eigenvalue weighted by Crippen LogP contribution is 2.20. The monoisotopic (exact) mass is 263 g/mol. The summed E-state index contributed by atoms with van der Waals surface area (Å²) in [7, 11) is 0. The first kappa shape index (κ1) is 12.3. The number of aromatic carboxylic acids is 1. The van der Waals surface area contributed by atoms with Gasteiger partial charge in [-0.2, -0.15) is 0 Å². The van der Waals surface area contributed by atoms with Crippen molar-refractivity contribution in [1.82, 2.24) is 9.97 Å². The third-order valence-corrected chi connectivity index (χ3v) is 2.48. The summed E-state index contributed by atoms with van der Waals surface area (Å²) < 4.78 is 0. The molecule has 2 rings (SSSR count). The van der Waals surface area contributed by atoms with E-state index in [1.54, 1.807) is 12.3 Å². The minimum absolute atomic E-state index is 0.0555. The Bertz CT molecular complexity index is 584. The number of nitrogens with zero attached hydrogens (tertiary/aromatic N) is 2. The van der Waals surface area contributed by atoms with E-state index >= 15 is 0 Å². The van der Waals surface area contributed by atoms with Crippen molar-refractivity contribution in [2.24, 2.45) is 0 Å².